The van der Waals surface area contributed by atoms with Crippen LogP contribution in [0.15, 0.2) is 43.0 Å². The Morgan fingerprint density at radius 3 is 2.74 bits per heavy atom. The number of aromatic nitrogens is 5. The fourth-order valence-corrected chi connectivity index (χ4v) is 4.37. The molecule has 0 spiro atoms. The summed E-state index contributed by atoms with van der Waals surface area (Å²) in [7, 11) is 3.88. The van der Waals surface area contributed by atoms with Crippen molar-refractivity contribution < 1.29 is 9.18 Å². The normalized spacial score (nSPS) is 20.2. The molecule has 0 bridgehead atoms. The summed E-state index contributed by atoms with van der Waals surface area (Å²) in [4.78, 5) is 29.2. The van der Waals surface area contributed by atoms with Crippen molar-refractivity contribution in [3.63, 3.8) is 0 Å². The third-order valence-electron chi connectivity index (χ3n) is 6.07. The number of para-hydroxylation sites is 1. The number of benzene rings is 1. The number of anilines is 2. The van der Waals surface area contributed by atoms with Gasteiger partial charge in [-0.05, 0) is 18.6 Å². The van der Waals surface area contributed by atoms with Crippen molar-refractivity contribution in [3.8, 4) is 5.69 Å². The number of fused-ring (bicyclic) bond motifs is 1. The summed E-state index contributed by atoms with van der Waals surface area (Å²) in [5, 5.41) is 8.04. The average molecular weight is 422 g/mol. The van der Waals surface area contributed by atoms with Crippen LogP contribution in [0.5, 0.6) is 0 Å². The second-order valence-electron chi connectivity index (χ2n) is 8.10. The molecule has 1 amide bonds. The van der Waals surface area contributed by atoms with E-state index < -0.39 is 5.82 Å². The van der Waals surface area contributed by atoms with Gasteiger partial charge in [0.1, 0.15) is 23.7 Å². The molecule has 2 aromatic heterocycles. The second-order valence-corrected chi connectivity index (χ2v) is 8.10. The quantitative estimate of drug-likeness (QED) is 0.632. The maximum atomic E-state index is 14.6. The maximum absolute atomic E-state index is 14.6. The Morgan fingerprint density at radius 2 is 1.97 bits per heavy atom. The molecular weight excluding hydrogens is 399 g/mol. The first kappa shape index (κ1) is 19.4. The molecule has 0 N–H and O–H groups in total. The van der Waals surface area contributed by atoms with Crippen molar-refractivity contribution in [2.45, 2.75) is 12.5 Å². The van der Waals surface area contributed by atoms with Crippen LogP contribution < -0.4 is 9.80 Å². The van der Waals surface area contributed by atoms with Crippen molar-refractivity contribution in [1.82, 2.24) is 29.9 Å². The Labute approximate surface area is 179 Å². The summed E-state index contributed by atoms with van der Waals surface area (Å²) in [6.07, 6.45) is 5.47. The van der Waals surface area contributed by atoms with Crippen molar-refractivity contribution >= 4 is 17.5 Å². The van der Waals surface area contributed by atoms with Crippen LogP contribution in [0.25, 0.3) is 5.69 Å². The Morgan fingerprint density at radius 1 is 1.16 bits per heavy atom. The van der Waals surface area contributed by atoms with Gasteiger partial charge in [-0.3, -0.25) is 4.79 Å². The van der Waals surface area contributed by atoms with Gasteiger partial charge in [0.05, 0.1) is 24.0 Å². The fourth-order valence-electron chi connectivity index (χ4n) is 4.37. The molecule has 0 aliphatic carbocycles. The number of amides is 1. The van der Waals surface area contributed by atoms with E-state index in [9.17, 15) is 9.18 Å². The number of hydrogen-bond acceptors (Lipinski definition) is 7. The zero-order valence-electron chi connectivity index (χ0n) is 17.4. The number of likely N-dealkylation sites (tertiary alicyclic amines) is 1. The van der Waals surface area contributed by atoms with Gasteiger partial charge in [-0.1, -0.05) is 6.07 Å². The number of halogens is 1. The lowest BCUT2D eigenvalue weighted by Gasteiger charge is -2.53. The lowest BCUT2D eigenvalue weighted by Crippen LogP contribution is -2.66. The highest BCUT2D eigenvalue weighted by molar-refractivity contribution is 5.98. The summed E-state index contributed by atoms with van der Waals surface area (Å²) in [5.41, 5.74) is 0.351. The van der Waals surface area contributed by atoms with Crippen LogP contribution in [-0.2, 0) is 0 Å². The highest BCUT2D eigenvalue weighted by Crippen LogP contribution is 2.36. The van der Waals surface area contributed by atoms with Gasteiger partial charge >= 0.3 is 0 Å². The van der Waals surface area contributed by atoms with Gasteiger partial charge < -0.3 is 14.7 Å². The smallest absolute Gasteiger partial charge is 0.256 e. The number of rotatable bonds is 4. The molecule has 2 aliphatic rings. The predicted molar refractivity (Wildman–Crippen MR) is 113 cm³/mol. The van der Waals surface area contributed by atoms with E-state index in [4.69, 9.17) is 0 Å². The first-order chi connectivity index (χ1) is 15.0. The maximum Gasteiger partial charge on any atom is 0.256 e. The minimum Gasteiger partial charge on any atom is -0.363 e. The van der Waals surface area contributed by atoms with E-state index in [1.165, 1.54) is 18.5 Å². The van der Waals surface area contributed by atoms with E-state index in [0.717, 1.165) is 29.4 Å². The summed E-state index contributed by atoms with van der Waals surface area (Å²) in [5.74, 6) is 1.40. The van der Waals surface area contributed by atoms with Crippen LogP contribution in [0.4, 0.5) is 16.0 Å². The molecule has 0 radical (unpaired) electrons. The molecule has 4 heterocycles. The van der Waals surface area contributed by atoms with Crippen LogP contribution in [0.2, 0.25) is 0 Å². The molecule has 1 aromatic carbocycles. The first-order valence-corrected chi connectivity index (χ1v) is 10.2. The van der Waals surface area contributed by atoms with E-state index in [2.05, 4.69) is 25.1 Å². The standard InChI is InChI=1S/C21H23FN8O/c1-27(2)18-10-19(24-13-23-18)28-9-6-14-11-29(17(14)12-28)21(31)15-4-3-5-16(22)20(15)30-25-7-8-26-30/h3-5,7-8,10,13-14,17H,6,9,11-12H2,1-2H3/t14-,17-/m1/s1. The van der Waals surface area contributed by atoms with Crippen LogP contribution in [-0.4, -0.2) is 75.5 Å². The first-order valence-electron chi connectivity index (χ1n) is 10.2. The van der Waals surface area contributed by atoms with E-state index >= 15 is 0 Å². The molecular formula is C21H23FN8O. The molecule has 2 aliphatic heterocycles. The number of carbonyl (C=O) groups excluding carboxylic acids is 1. The predicted octanol–water partition coefficient (Wildman–Crippen LogP) is 1.61. The van der Waals surface area contributed by atoms with Gasteiger partial charge in [0.25, 0.3) is 5.91 Å². The molecule has 9 nitrogen and oxygen atoms in total. The Hall–Kier alpha value is -3.56. The number of hydrogen-bond donors (Lipinski definition) is 0. The highest BCUT2D eigenvalue weighted by atomic mass is 19.1. The van der Waals surface area contributed by atoms with Crippen LogP contribution in [0.1, 0.15) is 16.8 Å². The minimum atomic E-state index is -0.526. The van der Waals surface area contributed by atoms with Crippen molar-refractivity contribution in [2.75, 3.05) is 43.5 Å². The Balaban J connectivity index is 1.39. The van der Waals surface area contributed by atoms with Crippen LogP contribution in [0.3, 0.4) is 0 Å². The molecule has 160 valence electrons. The van der Waals surface area contributed by atoms with Crippen molar-refractivity contribution in [2.24, 2.45) is 5.92 Å². The van der Waals surface area contributed by atoms with Crippen LogP contribution in [0, 0.1) is 11.7 Å². The lowest BCUT2D eigenvalue weighted by atomic mass is 9.81. The minimum absolute atomic E-state index is 0.0562. The monoisotopic (exact) mass is 422 g/mol. The number of carbonyl (C=O) groups is 1. The highest BCUT2D eigenvalue weighted by Gasteiger charge is 2.46. The van der Waals surface area contributed by atoms with E-state index in [1.54, 1.807) is 18.5 Å². The van der Waals surface area contributed by atoms with Crippen LogP contribution >= 0.6 is 0 Å². The van der Waals surface area contributed by atoms with Gasteiger partial charge in [-0.2, -0.15) is 10.2 Å². The Bertz CT molecular complexity index is 1100. The van der Waals surface area contributed by atoms with E-state index in [0.29, 0.717) is 19.0 Å². The van der Waals surface area contributed by atoms with Gasteiger partial charge in [0, 0.05) is 45.7 Å². The summed E-state index contributed by atoms with van der Waals surface area (Å²) in [6.45, 7) is 2.24. The second kappa shape index (κ2) is 7.60. The van der Waals surface area contributed by atoms with Crippen molar-refractivity contribution in [3.05, 3.63) is 54.4 Å². The molecule has 3 aromatic rings. The molecule has 0 saturated carbocycles. The largest absolute Gasteiger partial charge is 0.363 e. The number of nitrogens with zero attached hydrogens (tertiary/aromatic N) is 8. The van der Waals surface area contributed by atoms with Gasteiger partial charge in [0.2, 0.25) is 0 Å². The molecule has 10 heteroatoms. The molecule has 31 heavy (non-hydrogen) atoms. The Kier molecular flexibility index (Phi) is 4.76. The van der Waals surface area contributed by atoms with Gasteiger partial charge in [-0.15, -0.1) is 4.80 Å². The lowest BCUT2D eigenvalue weighted by molar-refractivity contribution is 0.00774. The average Bonchev–Trinajstić information content (AvgIpc) is 3.28. The van der Waals surface area contributed by atoms with E-state index in [-0.39, 0.29) is 23.2 Å². The topological polar surface area (TPSA) is 83.3 Å². The zero-order valence-corrected chi connectivity index (χ0v) is 17.4. The molecule has 5 rings (SSSR count). The molecule has 2 fully saturated rings. The van der Waals surface area contributed by atoms with E-state index in [1.807, 2.05) is 30.0 Å². The number of piperidine rings is 1. The molecule has 0 unspecified atom stereocenters. The fraction of sp³-hybridized carbons (Fsp3) is 0.381. The van der Waals surface area contributed by atoms with Gasteiger partial charge in [0.15, 0.2) is 5.82 Å². The molecule has 2 atom stereocenters. The summed E-state index contributed by atoms with van der Waals surface area (Å²) in [6, 6.07) is 6.50. The third kappa shape index (κ3) is 3.37. The molecule has 2 saturated heterocycles. The third-order valence-corrected chi connectivity index (χ3v) is 6.07. The SMILES string of the molecule is CN(C)c1cc(N2CC[C@@H]3CN(C(=O)c4cccc(F)c4-n4nccn4)[C@@H]3C2)ncn1. The van der Waals surface area contributed by atoms with Gasteiger partial charge in [-0.25, -0.2) is 14.4 Å². The zero-order chi connectivity index (χ0) is 21.5. The van der Waals surface area contributed by atoms with Crippen molar-refractivity contribution in [1.29, 1.82) is 0 Å². The summed E-state index contributed by atoms with van der Waals surface area (Å²) >= 11 is 0. The summed E-state index contributed by atoms with van der Waals surface area (Å²) < 4.78 is 14.6.